The zero-order valence-corrected chi connectivity index (χ0v) is 16.4. The fraction of sp³-hybridized carbons (Fsp3) is 0.286. The van der Waals surface area contributed by atoms with Gasteiger partial charge in [0, 0.05) is 0 Å². The highest BCUT2D eigenvalue weighted by molar-refractivity contribution is 5.81. The zero-order valence-electron chi connectivity index (χ0n) is 16.4. The van der Waals surface area contributed by atoms with Crippen molar-refractivity contribution in [3.63, 3.8) is 0 Å². The number of nitrogens with one attached hydrogen (secondary N) is 1. The van der Waals surface area contributed by atoms with Crippen LogP contribution in [0.25, 0.3) is 10.9 Å². The molecule has 1 amide bonds. The van der Waals surface area contributed by atoms with Gasteiger partial charge < -0.3 is 14.8 Å². The molecule has 0 saturated heterocycles. The Bertz CT molecular complexity index is 1070. The van der Waals surface area contributed by atoms with Gasteiger partial charge >= 0.3 is 0 Å². The van der Waals surface area contributed by atoms with Crippen LogP contribution in [0.5, 0.6) is 11.5 Å². The first-order chi connectivity index (χ1) is 13.4. The maximum atomic E-state index is 12.6. The maximum Gasteiger partial charge on any atom is 0.261 e. The van der Waals surface area contributed by atoms with Gasteiger partial charge in [-0.3, -0.25) is 14.2 Å². The van der Waals surface area contributed by atoms with Crippen molar-refractivity contribution in [2.45, 2.75) is 26.4 Å². The maximum absolute atomic E-state index is 12.6. The Morgan fingerprint density at radius 1 is 1.18 bits per heavy atom. The van der Waals surface area contributed by atoms with Gasteiger partial charge in [-0.1, -0.05) is 18.2 Å². The number of carbonyl (C=O) groups excluding carboxylic acids is 1. The topological polar surface area (TPSA) is 82.5 Å². The molecule has 28 heavy (non-hydrogen) atoms. The SMILES string of the molecule is COc1ccc(C(C)NC(=O)Cn2cnc3c(C)cccc3c2=O)cc1OC. The molecule has 7 heteroatoms. The van der Waals surface area contributed by atoms with Gasteiger partial charge in [0.05, 0.1) is 37.5 Å². The van der Waals surface area contributed by atoms with Gasteiger partial charge in [-0.15, -0.1) is 0 Å². The molecule has 1 heterocycles. The molecule has 1 aromatic heterocycles. The molecule has 0 bridgehead atoms. The van der Waals surface area contributed by atoms with Crippen LogP contribution in [0.3, 0.4) is 0 Å². The van der Waals surface area contributed by atoms with Gasteiger partial charge in [-0.25, -0.2) is 4.98 Å². The number of benzene rings is 2. The first-order valence-electron chi connectivity index (χ1n) is 8.90. The summed E-state index contributed by atoms with van der Waals surface area (Å²) in [4.78, 5) is 29.4. The van der Waals surface area contributed by atoms with Gasteiger partial charge in [0.25, 0.3) is 5.56 Å². The van der Waals surface area contributed by atoms with Crippen LogP contribution in [-0.2, 0) is 11.3 Å². The lowest BCUT2D eigenvalue weighted by Crippen LogP contribution is -2.34. The molecule has 0 aliphatic carbocycles. The van der Waals surface area contributed by atoms with Crippen LogP contribution in [0.2, 0.25) is 0 Å². The molecule has 0 aliphatic heterocycles. The summed E-state index contributed by atoms with van der Waals surface area (Å²) >= 11 is 0. The lowest BCUT2D eigenvalue weighted by Gasteiger charge is -2.17. The van der Waals surface area contributed by atoms with Crippen molar-refractivity contribution >= 4 is 16.8 Å². The molecule has 1 atom stereocenters. The van der Waals surface area contributed by atoms with E-state index < -0.39 is 0 Å². The number of para-hydroxylation sites is 1. The van der Waals surface area contributed by atoms with Crippen molar-refractivity contribution in [2.24, 2.45) is 0 Å². The van der Waals surface area contributed by atoms with E-state index in [0.717, 1.165) is 11.1 Å². The number of rotatable bonds is 6. The lowest BCUT2D eigenvalue weighted by atomic mass is 10.1. The second-order valence-electron chi connectivity index (χ2n) is 6.55. The van der Waals surface area contributed by atoms with Crippen LogP contribution in [-0.4, -0.2) is 29.7 Å². The molecule has 7 nitrogen and oxygen atoms in total. The highest BCUT2D eigenvalue weighted by Crippen LogP contribution is 2.29. The number of hydrogen-bond donors (Lipinski definition) is 1. The van der Waals surface area contributed by atoms with Crippen molar-refractivity contribution in [2.75, 3.05) is 14.2 Å². The number of ether oxygens (including phenoxy) is 2. The van der Waals surface area contributed by atoms with Gasteiger partial charge in [0.2, 0.25) is 5.91 Å². The third-order valence-electron chi connectivity index (χ3n) is 4.65. The predicted octanol–water partition coefficient (Wildman–Crippen LogP) is 2.60. The van der Waals surface area contributed by atoms with E-state index >= 15 is 0 Å². The molecule has 2 aromatic carbocycles. The molecule has 1 unspecified atom stereocenters. The molecule has 0 saturated carbocycles. The smallest absolute Gasteiger partial charge is 0.261 e. The quantitative estimate of drug-likeness (QED) is 0.710. The standard InChI is InChI=1S/C21H23N3O4/c1-13-6-5-7-16-20(13)22-12-24(21(16)26)11-19(25)23-14(2)15-8-9-17(27-3)18(10-15)28-4/h5-10,12,14H,11H2,1-4H3,(H,23,25). The van der Waals surface area contributed by atoms with E-state index in [1.165, 1.54) is 10.9 Å². The van der Waals surface area contributed by atoms with E-state index in [9.17, 15) is 9.59 Å². The van der Waals surface area contributed by atoms with E-state index in [1.54, 1.807) is 26.4 Å². The largest absolute Gasteiger partial charge is 0.493 e. The first-order valence-corrected chi connectivity index (χ1v) is 8.90. The molecule has 146 valence electrons. The predicted molar refractivity (Wildman–Crippen MR) is 107 cm³/mol. The number of carbonyl (C=O) groups is 1. The number of fused-ring (bicyclic) bond motifs is 1. The Morgan fingerprint density at radius 3 is 2.64 bits per heavy atom. The van der Waals surface area contributed by atoms with Crippen LogP contribution >= 0.6 is 0 Å². The van der Waals surface area contributed by atoms with Crippen LogP contribution < -0.4 is 20.3 Å². The summed E-state index contributed by atoms with van der Waals surface area (Å²) in [5.41, 5.74) is 2.21. The number of hydrogen-bond acceptors (Lipinski definition) is 5. The summed E-state index contributed by atoms with van der Waals surface area (Å²) in [7, 11) is 3.13. The molecule has 0 radical (unpaired) electrons. The van der Waals surface area contributed by atoms with Crippen molar-refractivity contribution < 1.29 is 14.3 Å². The fourth-order valence-electron chi connectivity index (χ4n) is 3.10. The fourth-order valence-corrected chi connectivity index (χ4v) is 3.10. The summed E-state index contributed by atoms with van der Waals surface area (Å²) < 4.78 is 11.9. The Morgan fingerprint density at radius 2 is 1.93 bits per heavy atom. The highest BCUT2D eigenvalue weighted by Gasteiger charge is 2.14. The summed E-state index contributed by atoms with van der Waals surface area (Å²) in [5, 5.41) is 3.40. The van der Waals surface area contributed by atoms with Crippen molar-refractivity contribution in [1.29, 1.82) is 0 Å². The summed E-state index contributed by atoms with van der Waals surface area (Å²) in [6.07, 6.45) is 1.42. The van der Waals surface area contributed by atoms with Crippen molar-refractivity contribution in [1.82, 2.24) is 14.9 Å². The van der Waals surface area contributed by atoms with E-state index in [0.29, 0.717) is 22.4 Å². The normalized spacial score (nSPS) is 11.9. The third-order valence-corrected chi connectivity index (χ3v) is 4.65. The van der Waals surface area contributed by atoms with Crippen LogP contribution in [0.4, 0.5) is 0 Å². The van der Waals surface area contributed by atoms with Crippen molar-refractivity contribution in [3.8, 4) is 11.5 Å². The average molecular weight is 381 g/mol. The van der Waals surface area contributed by atoms with Crippen LogP contribution in [0, 0.1) is 6.92 Å². The molecule has 0 aliphatic rings. The van der Waals surface area contributed by atoms with Crippen LogP contribution in [0.15, 0.2) is 47.5 Å². The Balaban J connectivity index is 1.76. The number of aromatic nitrogens is 2. The first kappa shape index (κ1) is 19.4. The lowest BCUT2D eigenvalue weighted by molar-refractivity contribution is -0.122. The van der Waals surface area contributed by atoms with Gasteiger partial charge in [0.15, 0.2) is 11.5 Å². The van der Waals surface area contributed by atoms with Gasteiger partial charge in [0.1, 0.15) is 6.54 Å². The number of aryl methyl sites for hydroxylation is 1. The number of nitrogens with zero attached hydrogens (tertiary/aromatic N) is 2. The Kier molecular flexibility index (Phi) is 5.63. The van der Waals surface area contributed by atoms with E-state index in [2.05, 4.69) is 10.3 Å². The molecule has 1 N–H and O–H groups in total. The number of amides is 1. The summed E-state index contributed by atoms with van der Waals surface area (Å²) in [6.45, 7) is 3.66. The minimum Gasteiger partial charge on any atom is -0.493 e. The molecule has 3 aromatic rings. The molecular formula is C21H23N3O4. The second-order valence-corrected chi connectivity index (χ2v) is 6.55. The van der Waals surface area contributed by atoms with E-state index in [-0.39, 0.29) is 24.1 Å². The van der Waals surface area contributed by atoms with E-state index in [4.69, 9.17) is 9.47 Å². The third kappa shape index (κ3) is 3.83. The monoisotopic (exact) mass is 381 g/mol. The van der Waals surface area contributed by atoms with E-state index in [1.807, 2.05) is 38.1 Å². The summed E-state index contributed by atoms with van der Waals surface area (Å²) in [5.74, 6) is 0.929. The highest BCUT2D eigenvalue weighted by atomic mass is 16.5. The van der Waals surface area contributed by atoms with Gasteiger partial charge in [-0.05, 0) is 43.2 Å². The Labute approximate surface area is 162 Å². The van der Waals surface area contributed by atoms with Gasteiger partial charge in [-0.2, -0.15) is 0 Å². The number of methoxy groups -OCH3 is 2. The second kappa shape index (κ2) is 8.12. The average Bonchev–Trinajstić information content (AvgIpc) is 2.70. The molecular weight excluding hydrogens is 358 g/mol. The Hall–Kier alpha value is -3.35. The molecule has 3 rings (SSSR count). The summed E-state index contributed by atoms with van der Waals surface area (Å²) in [6, 6.07) is 10.6. The van der Waals surface area contributed by atoms with Crippen LogP contribution in [0.1, 0.15) is 24.1 Å². The minimum atomic E-state index is -0.279. The zero-order chi connectivity index (χ0) is 20.3. The molecule has 0 fully saturated rings. The van der Waals surface area contributed by atoms with Crippen molar-refractivity contribution in [3.05, 3.63) is 64.2 Å². The molecule has 0 spiro atoms. The minimum absolute atomic E-state index is 0.104.